The van der Waals surface area contributed by atoms with Gasteiger partial charge in [-0.15, -0.1) is 0 Å². The molecule has 1 aliphatic carbocycles. The molecule has 1 aromatic rings. The highest BCUT2D eigenvalue weighted by Crippen LogP contribution is 2.25. The van der Waals surface area contributed by atoms with Crippen LogP contribution in [0.3, 0.4) is 0 Å². The van der Waals surface area contributed by atoms with Crippen LogP contribution in [0.5, 0.6) is 0 Å². The zero-order valence-corrected chi connectivity index (χ0v) is 10.9. The molecule has 2 N–H and O–H groups in total. The Morgan fingerprint density at radius 2 is 1.65 bits per heavy atom. The van der Waals surface area contributed by atoms with E-state index in [0.29, 0.717) is 5.56 Å². The van der Waals surface area contributed by atoms with Crippen molar-refractivity contribution in [1.29, 1.82) is 0 Å². The third-order valence-electron chi connectivity index (χ3n) is 3.20. The van der Waals surface area contributed by atoms with Gasteiger partial charge in [-0.05, 0) is 25.0 Å². The van der Waals surface area contributed by atoms with E-state index in [2.05, 4.69) is 15.6 Å². The van der Waals surface area contributed by atoms with Crippen LogP contribution in [0.2, 0.25) is 0 Å². The molecule has 0 spiro atoms. The van der Waals surface area contributed by atoms with E-state index in [-0.39, 0.29) is 5.92 Å². The molecule has 0 aromatic heterocycles. The molecule has 0 atom stereocenters. The Kier molecular flexibility index (Phi) is 4.70. The van der Waals surface area contributed by atoms with E-state index in [0.717, 1.165) is 25.7 Å². The van der Waals surface area contributed by atoms with Gasteiger partial charge in [-0.1, -0.05) is 31.0 Å². The molecule has 0 saturated heterocycles. The fourth-order valence-corrected chi connectivity index (χ4v) is 2.13. The summed E-state index contributed by atoms with van der Waals surface area (Å²) in [5.74, 6) is -1.21. The normalized spacial score (nSPS) is 14.6. The summed E-state index contributed by atoms with van der Waals surface area (Å²) in [6.07, 6.45) is 2.50. The molecule has 106 valence electrons. The van der Waals surface area contributed by atoms with Crippen LogP contribution in [0.1, 0.15) is 36.0 Å². The fraction of sp³-hybridized carbons (Fsp3) is 0.357. The molecule has 6 nitrogen and oxygen atoms in total. The lowest BCUT2D eigenvalue weighted by atomic mass is 10.1. The standard InChI is InChI=1S/C14H16N2O4/c17-12(10-6-2-1-3-7-10)15-16-14(19)20-13(18)11-8-4-5-9-11/h1-3,6-7,11H,4-5,8-9H2,(H,15,17)(H,16,19). The average Bonchev–Trinajstić information content (AvgIpc) is 3.00. The van der Waals surface area contributed by atoms with Crippen molar-refractivity contribution < 1.29 is 19.1 Å². The van der Waals surface area contributed by atoms with E-state index in [1.54, 1.807) is 30.3 Å². The van der Waals surface area contributed by atoms with Gasteiger partial charge < -0.3 is 4.74 Å². The first-order valence-corrected chi connectivity index (χ1v) is 6.54. The Labute approximate surface area is 116 Å². The lowest BCUT2D eigenvalue weighted by Crippen LogP contribution is -2.43. The molecule has 1 saturated carbocycles. The summed E-state index contributed by atoms with van der Waals surface area (Å²) in [7, 11) is 0. The van der Waals surface area contributed by atoms with Crippen LogP contribution < -0.4 is 10.9 Å². The Morgan fingerprint density at radius 3 is 2.30 bits per heavy atom. The maximum atomic E-state index is 11.6. The SMILES string of the molecule is O=C(NNC(=O)c1ccccc1)OC(=O)C1CCCC1. The van der Waals surface area contributed by atoms with E-state index in [1.807, 2.05) is 0 Å². The highest BCUT2D eigenvalue weighted by atomic mass is 16.6. The van der Waals surface area contributed by atoms with Crippen LogP contribution in [-0.4, -0.2) is 18.0 Å². The lowest BCUT2D eigenvalue weighted by molar-refractivity contribution is -0.141. The van der Waals surface area contributed by atoms with Crippen molar-refractivity contribution >= 4 is 18.0 Å². The van der Waals surface area contributed by atoms with Gasteiger partial charge in [0.25, 0.3) is 5.91 Å². The van der Waals surface area contributed by atoms with Crippen LogP contribution in [-0.2, 0) is 9.53 Å². The Bertz CT molecular complexity index is 495. The van der Waals surface area contributed by atoms with Gasteiger partial charge >= 0.3 is 12.1 Å². The molecule has 2 rings (SSSR count). The van der Waals surface area contributed by atoms with Gasteiger partial charge in [0.1, 0.15) is 0 Å². The first kappa shape index (κ1) is 14.0. The minimum absolute atomic E-state index is 0.203. The van der Waals surface area contributed by atoms with Crippen LogP contribution >= 0.6 is 0 Å². The van der Waals surface area contributed by atoms with E-state index >= 15 is 0 Å². The first-order valence-electron chi connectivity index (χ1n) is 6.54. The van der Waals surface area contributed by atoms with Crippen molar-refractivity contribution in [2.45, 2.75) is 25.7 Å². The topological polar surface area (TPSA) is 84.5 Å². The van der Waals surface area contributed by atoms with Gasteiger partial charge in [0.2, 0.25) is 0 Å². The molecule has 0 radical (unpaired) electrons. The molecule has 0 unspecified atom stereocenters. The largest absolute Gasteiger partial charge is 0.433 e. The number of benzene rings is 1. The van der Waals surface area contributed by atoms with Gasteiger partial charge in [-0.2, -0.15) is 0 Å². The quantitative estimate of drug-likeness (QED) is 0.490. The number of amides is 2. The highest BCUT2D eigenvalue weighted by Gasteiger charge is 2.26. The second kappa shape index (κ2) is 6.70. The smallest absolute Gasteiger partial charge is 0.375 e. The molecule has 1 fully saturated rings. The molecule has 0 heterocycles. The molecule has 1 aromatic carbocycles. The number of hydrogen-bond acceptors (Lipinski definition) is 4. The van der Waals surface area contributed by atoms with Crippen LogP contribution in [0.25, 0.3) is 0 Å². The number of rotatable bonds is 2. The summed E-state index contributed by atoms with van der Waals surface area (Å²) in [5, 5.41) is 0. The Hall–Kier alpha value is -2.37. The minimum Gasteiger partial charge on any atom is -0.375 e. The molecule has 1 aliphatic rings. The van der Waals surface area contributed by atoms with Crippen molar-refractivity contribution in [3.8, 4) is 0 Å². The summed E-state index contributed by atoms with van der Waals surface area (Å²) < 4.78 is 4.62. The van der Waals surface area contributed by atoms with Crippen molar-refractivity contribution in [2.24, 2.45) is 5.92 Å². The molecule has 20 heavy (non-hydrogen) atoms. The third kappa shape index (κ3) is 3.81. The number of hydrogen-bond donors (Lipinski definition) is 2. The predicted octanol–water partition coefficient (Wildman–Crippen LogP) is 1.77. The summed E-state index contributed by atoms with van der Waals surface area (Å²) in [5.41, 5.74) is 4.63. The number of hydrazine groups is 1. The predicted molar refractivity (Wildman–Crippen MR) is 70.5 cm³/mol. The second-order valence-corrected chi connectivity index (χ2v) is 4.64. The zero-order chi connectivity index (χ0) is 14.4. The molecule has 2 amide bonds. The zero-order valence-electron chi connectivity index (χ0n) is 10.9. The molecule has 0 bridgehead atoms. The Balaban J connectivity index is 1.75. The van der Waals surface area contributed by atoms with Crippen molar-refractivity contribution in [1.82, 2.24) is 10.9 Å². The van der Waals surface area contributed by atoms with Crippen LogP contribution in [0, 0.1) is 5.92 Å². The number of ether oxygens (including phenoxy) is 1. The maximum Gasteiger partial charge on any atom is 0.433 e. The van der Waals surface area contributed by atoms with E-state index in [1.165, 1.54) is 0 Å². The molecular formula is C14H16N2O4. The van der Waals surface area contributed by atoms with Crippen LogP contribution in [0.15, 0.2) is 30.3 Å². The Morgan fingerprint density at radius 1 is 1.00 bits per heavy atom. The lowest BCUT2D eigenvalue weighted by Gasteiger charge is -2.09. The van der Waals surface area contributed by atoms with E-state index in [4.69, 9.17) is 0 Å². The van der Waals surface area contributed by atoms with Gasteiger partial charge in [-0.25, -0.2) is 10.2 Å². The maximum absolute atomic E-state index is 11.6. The van der Waals surface area contributed by atoms with Gasteiger partial charge in [0.15, 0.2) is 0 Å². The van der Waals surface area contributed by atoms with Crippen LogP contribution in [0.4, 0.5) is 4.79 Å². The fourth-order valence-electron chi connectivity index (χ4n) is 2.13. The number of esters is 1. The first-order chi connectivity index (χ1) is 9.66. The third-order valence-corrected chi connectivity index (χ3v) is 3.20. The van der Waals surface area contributed by atoms with Crippen molar-refractivity contribution in [3.63, 3.8) is 0 Å². The second-order valence-electron chi connectivity index (χ2n) is 4.64. The monoisotopic (exact) mass is 276 g/mol. The van der Waals surface area contributed by atoms with Crippen molar-refractivity contribution in [2.75, 3.05) is 0 Å². The molecule has 0 aliphatic heterocycles. The summed E-state index contributed by atoms with van der Waals surface area (Å²) >= 11 is 0. The van der Waals surface area contributed by atoms with Gasteiger partial charge in [0, 0.05) is 5.56 Å². The molecule has 6 heteroatoms. The number of carbonyl (C=O) groups excluding carboxylic acids is 3. The summed E-state index contributed by atoms with van der Waals surface area (Å²) in [6.45, 7) is 0. The summed E-state index contributed by atoms with van der Waals surface area (Å²) in [6, 6.07) is 8.39. The van der Waals surface area contributed by atoms with E-state index in [9.17, 15) is 14.4 Å². The number of nitrogens with one attached hydrogen (secondary N) is 2. The summed E-state index contributed by atoms with van der Waals surface area (Å²) in [4.78, 5) is 34.6. The minimum atomic E-state index is -0.966. The van der Waals surface area contributed by atoms with Crippen molar-refractivity contribution in [3.05, 3.63) is 35.9 Å². The average molecular weight is 276 g/mol. The molecular weight excluding hydrogens is 260 g/mol. The van der Waals surface area contributed by atoms with Gasteiger partial charge in [0.05, 0.1) is 5.92 Å². The van der Waals surface area contributed by atoms with Gasteiger partial charge in [-0.3, -0.25) is 15.0 Å². The number of carbonyl (C=O) groups is 3. The highest BCUT2D eigenvalue weighted by molar-refractivity contribution is 5.95. The van der Waals surface area contributed by atoms with E-state index < -0.39 is 18.0 Å².